The molecule has 3 aromatic heterocycles. The van der Waals surface area contributed by atoms with Gasteiger partial charge in [0.25, 0.3) is 0 Å². The Morgan fingerprint density at radius 2 is 2.00 bits per heavy atom. The van der Waals surface area contributed by atoms with Gasteiger partial charge in [0.15, 0.2) is 5.82 Å². The molecule has 6 rings (SSSR count). The van der Waals surface area contributed by atoms with Crippen molar-refractivity contribution in [2.45, 2.75) is 45.6 Å². The van der Waals surface area contributed by atoms with Crippen molar-refractivity contribution in [3.8, 4) is 11.1 Å². The molecule has 236 valence electrons. The fraction of sp³-hybridized carbons (Fsp3) is 0.406. The van der Waals surface area contributed by atoms with Crippen LogP contribution >= 0.6 is 0 Å². The Labute approximate surface area is 259 Å². The number of ether oxygens (including phenoxy) is 3. The lowest BCUT2D eigenvalue weighted by Gasteiger charge is -2.21. The molecule has 1 saturated carbocycles. The van der Waals surface area contributed by atoms with E-state index in [1.54, 1.807) is 62.2 Å². The SMILES string of the molecule is Cc1ccncc1-c1cc2cc(NC(=O)C3C(COC4NCCO4)C3c3cnn(C)c3)ncc2c(NC(=O)OC(C)(C)C)c1F. The Morgan fingerprint density at radius 1 is 1.18 bits per heavy atom. The van der Waals surface area contributed by atoms with Crippen molar-refractivity contribution in [3.05, 3.63) is 66.1 Å². The van der Waals surface area contributed by atoms with Crippen molar-refractivity contribution in [1.29, 1.82) is 0 Å². The molecule has 1 saturated heterocycles. The fourth-order valence-corrected chi connectivity index (χ4v) is 5.73. The van der Waals surface area contributed by atoms with Crippen LogP contribution in [0, 0.1) is 24.6 Å². The third-order valence-electron chi connectivity index (χ3n) is 7.87. The Morgan fingerprint density at radius 3 is 2.69 bits per heavy atom. The molecule has 2 fully saturated rings. The van der Waals surface area contributed by atoms with Gasteiger partial charge in [0, 0.05) is 66.7 Å². The Balaban J connectivity index is 1.30. The van der Waals surface area contributed by atoms with Gasteiger partial charge in [-0.2, -0.15) is 5.10 Å². The van der Waals surface area contributed by atoms with E-state index in [4.69, 9.17) is 14.2 Å². The van der Waals surface area contributed by atoms with E-state index in [-0.39, 0.29) is 40.7 Å². The summed E-state index contributed by atoms with van der Waals surface area (Å²) in [7, 11) is 1.83. The molecule has 1 aliphatic heterocycles. The number of aryl methyl sites for hydroxylation is 2. The number of carbonyl (C=O) groups excluding carboxylic acids is 2. The minimum Gasteiger partial charge on any atom is -0.444 e. The molecule has 1 aliphatic carbocycles. The zero-order valence-electron chi connectivity index (χ0n) is 25.8. The number of fused-ring (bicyclic) bond motifs is 1. The summed E-state index contributed by atoms with van der Waals surface area (Å²) in [5.74, 6) is -1.13. The summed E-state index contributed by atoms with van der Waals surface area (Å²) in [5, 5.41) is 13.8. The second kappa shape index (κ2) is 12.1. The third kappa shape index (κ3) is 6.65. The first kappa shape index (κ1) is 30.6. The molecule has 0 spiro atoms. The van der Waals surface area contributed by atoms with Crippen molar-refractivity contribution in [2.24, 2.45) is 18.9 Å². The molecular formula is C32H36FN7O5. The quantitative estimate of drug-likeness (QED) is 0.256. The zero-order chi connectivity index (χ0) is 31.9. The predicted octanol–water partition coefficient (Wildman–Crippen LogP) is 4.71. The van der Waals surface area contributed by atoms with E-state index in [9.17, 15) is 9.59 Å². The number of nitrogens with one attached hydrogen (secondary N) is 3. The minimum atomic E-state index is -0.804. The first-order chi connectivity index (χ1) is 21.5. The van der Waals surface area contributed by atoms with Gasteiger partial charge in [-0.3, -0.25) is 25.1 Å². The number of benzene rings is 1. The Kier molecular flexibility index (Phi) is 8.25. The van der Waals surface area contributed by atoms with E-state index in [0.29, 0.717) is 36.1 Å². The number of nitrogens with zero attached hydrogens (tertiary/aromatic N) is 4. The maximum Gasteiger partial charge on any atom is 0.412 e. The maximum atomic E-state index is 16.1. The summed E-state index contributed by atoms with van der Waals surface area (Å²) in [6.07, 6.45) is 6.99. The summed E-state index contributed by atoms with van der Waals surface area (Å²) in [4.78, 5) is 34.9. The lowest BCUT2D eigenvalue weighted by molar-refractivity contribution is -0.129. The lowest BCUT2D eigenvalue weighted by atomic mass is 9.98. The number of anilines is 2. The molecule has 0 radical (unpaired) electrons. The molecule has 4 atom stereocenters. The number of hydrogen-bond acceptors (Lipinski definition) is 9. The fourth-order valence-electron chi connectivity index (χ4n) is 5.73. The van der Waals surface area contributed by atoms with Crippen LogP contribution in [0.2, 0.25) is 0 Å². The largest absolute Gasteiger partial charge is 0.444 e. The van der Waals surface area contributed by atoms with E-state index in [2.05, 4.69) is 31.0 Å². The van der Waals surface area contributed by atoms with Gasteiger partial charge in [-0.15, -0.1) is 0 Å². The van der Waals surface area contributed by atoms with Gasteiger partial charge >= 0.3 is 6.09 Å². The molecular weight excluding hydrogens is 581 g/mol. The van der Waals surface area contributed by atoms with E-state index < -0.39 is 23.9 Å². The van der Waals surface area contributed by atoms with E-state index in [1.807, 2.05) is 20.2 Å². The molecule has 4 heterocycles. The molecule has 1 aromatic carbocycles. The van der Waals surface area contributed by atoms with E-state index >= 15 is 4.39 Å². The summed E-state index contributed by atoms with van der Waals surface area (Å²) >= 11 is 0. The van der Waals surface area contributed by atoms with Crippen LogP contribution in [0.3, 0.4) is 0 Å². The van der Waals surface area contributed by atoms with Gasteiger partial charge in [-0.25, -0.2) is 14.2 Å². The highest BCUT2D eigenvalue weighted by Crippen LogP contribution is 2.54. The van der Waals surface area contributed by atoms with E-state index in [1.165, 1.54) is 6.20 Å². The highest BCUT2D eigenvalue weighted by molar-refractivity contribution is 6.05. The number of rotatable bonds is 8. The predicted molar refractivity (Wildman–Crippen MR) is 165 cm³/mol. The lowest BCUT2D eigenvalue weighted by Crippen LogP contribution is -2.27. The number of hydrogen-bond donors (Lipinski definition) is 3. The summed E-state index contributed by atoms with van der Waals surface area (Å²) in [6, 6.07) is 5.10. The molecule has 2 amide bonds. The summed E-state index contributed by atoms with van der Waals surface area (Å²) in [5.41, 5.74) is 1.68. The molecule has 2 aliphatic rings. The average molecular weight is 618 g/mol. The normalized spacial score (nSPS) is 21.1. The van der Waals surface area contributed by atoms with Crippen LogP contribution < -0.4 is 16.0 Å². The minimum absolute atomic E-state index is 0.0795. The topological polar surface area (TPSA) is 142 Å². The van der Waals surface area contributed by atoms with Gasteiger partial charge in [0.2, 0.25) is 12.3 Å². The van der Waals surface area contributed by atoms with Gasteiger partial charge in [0.05, 0.1) is 31.0 Å². The van der Waals surface area contributed by atoms with Crippen molar-refractivity contribution in [1.82, 2.24) is 25.1 Å². The van der Waals surface area contributed by atoms with Crippen molar-refractivity contribution in [3.63, 3.8) is 0 Å². The van der Waals surface area contributed by atoms with Crippen LogP contribution in [0.15, 0.2) is 49.2 Å². The maximum absolute atomic E-state index is 16.1. The molecule has 4 unspecified atom stereocenters. The summed E-state index contributed by atoms with van der Waals surface area (Å²) < 4.78 is 34.6. The van der Waals surface area contributed by atoms with Crippen LogP contribution in [-0.4, -0.2) is 63.5 Å². The molecule has 45 heavy (non-hydrogen) atoms. The van der Waals surface area contributed by atoms with Gasteiger partial charge < -0.3 is 19.5 Å². The van der Waals surface area contributed by atoms with Crippen LogP contribution in [0.25, 0.3) is 21.9 Å². The van der Waals surface area contributed by atoms with E-state index in [0.717, 1.165) is 11.1 Å². The Bertz CT molecular complexity index is 1750. The van der Waals surface area contributed by atoms with Crippen molar-refractivity contribution < 1.29 is 28.2 Å². The van der Waals surface area contributed by atoms with Gasteiger partial charge in [-0.1, -0.05) is 0 Å². The first-order valence-corrected chi connectivity index (χ1v) is 14.8. The van der Waals surface area contributed by atoms with Crippen LogP contribution in [0.5, 0.6) is 0 Å². The zero-order valence-corrected chi connectivity index (χ0v) is 25.8. The number of amides is 2. The van der Waals surface area contributed by atoms with Gasteiger partial charge in [-0.05, 0) is 62.4 Å². The highest BCUT2D eigenvalue weighted by Gasteiger charge is 2.56. The number of halogens is 1. The number of pyridine rings is 2. The van der Waals surface area contributed by atoms with Crippen LogP contribution in [0.1, 0.15) is 37.8 Å². The second-order valence-electron chi connectivity index (χ2n) is 12.4. The van der Waals surface area contributed by atoms with Crippen LogP contribution in [0.4, 0.5) is 20.7 Å². The molecule has 13 heteroatoms. The van der Waals surface area contributed by atoms with Gasteiger partial charge in [0.1, 0.15) is 11.4 Å². The second-order valence-corrected chi connectivity index (χ2v) is 12.4. The van der Waals surface area contributed by atoms with Crippen molar-refractivity contribution >= 4 is 34.3 Å². The molecule has 4 aromatic rings. The standard InChI is InChI=1S/C32H36FN7O5/c1-17-6-7-34-13-21(17)20-10-18-11-24(36-14-22(18)28(27(20)33)39-30(42)45-32(2,3)4)38-29(41)26-23(16-44-31-35-8-9-43-31)25(26)19-12-37-40(5)15-19/h6-7,10-15,23,25-26,31,35H,8-9,16H2,1-5H3,(H,39,42)(H,36,38,41). The highest BCUT2D eigenvalue weighted by atomic mass is 19.1. The monoisotopic (exact) mass is 617 g/mol. The number of carbonyl (C=O) groups is 2. The molecule has 3 N–H and O–H groups in total. The molecule has 12 nitrogen and oxygen atoms in total. The number of aromatic nitrogens is 4. The molecule has 0 bridgehead atoms. The third-order valence-corrected chi connectivity index (χ3v) is 7.87. The average Bonchev–Trinajstić information content (AvgIpc) is 3.25. The smallest absolute Gasteiger partial charge is 0.412 e. The Hall–Kier alpha value is -4.46. The van der Waals surface area contributed by atoms with Crippen molar-refractivity contribution in [2.75, 3.05) is 30.4 Å². The summed E-state index contributed by atoms with van der Waals surface area (Å²) in [6.45, 7) is 8.63. The van der Waals surface area contributed by atoms with Crippen LogP contribution in [-0.2, 0) is 26.1 Å². The first-order valence-electron chi connectivity index (χ1n) is 14.8.